The first-order chi connectivity index (χ1) is 7.32. The number of carbonyl (C=O) groups excluding carboxylic acids is 1. The van der Waals surface area contributed by atoms with Crippen LogP contribution >= 0.6 is 23.4 Å². The summed E-state index contributed by atoms with van der Waals surface area (Å²) in [4.78, 5) is 12.0. The molecule has 0 rings (SSSR count). The van der Waals surface area contributed by atoms with Crippen molar-refractivity contribution in [2.75, 3.05) is 12.9 Å². The topological polar surface area (TPSA) is 26.3 Å². The maximum atomic E-state index is 11.2. The number of ether oxygens (including phenoxy) is 1. The van der Waals surface area contributed by atoms with Gasteiger partial charge in [0.1, 0.15) is 0 Å². The van der Waals surface area contributed by atoms with E-state index in [1.54, 1.807) is 13.0 Å². The van der Waals surface area contributed by atoms with Crippen LogP contribution in [0.4, 0.5) is 0 Å². The van der Waals surface area contributed by atoms with Crippen LogP contribution in [0.3, 0.4) is 0 Å². The second-order valence-corrected chi connectivity index (χ2v) is 5.44. The summed E-state index contributed by atoms with van der Waals surface area (Å²) in [5, 5.41) is 0.751. The molecule has 0 amide bonds. The molecule has 0 atom stereocenters. The van der Waals surface area contributed by atoms with Crippen LogP contribution in [0.1, 0.15) is 27.7 Å². The zero-order valence-electron chi connectivity index (χ0n) is 10.5. The first-order valence-corrected chi connectivity index (χ1v) is 6.72. The highest BCUT2D eigenvalue weighted by Gasteiger charge is 2.18. The lowest BCUT2D eigenvalue weighted by Crippen LogP contribution is -2.06. The van der Waals surface area contributed by atoms with Crippen molar-refractivity contribution in [3.05, 3.63) is 22.1 Å². The summed E-state index contributed by atoms with van der Waals surface area (Å²) in [6.45, 7) is 8.25. The summed E-state index contributed by atoms with van der Waals surface area (Å²) in [5.74, 6) is -0.340. The van der Waals surface area contributed by atoms with Crippen molar-refractivity contribution in [3.8, 4) is 0 Å². The van der Waals surface area contributed by atoms with E-state index < -0.39 is 0 Å². The van der Waals surface area contributed by atoms with Gasteiger partial charge >= 0.3 is 5.97 Å². The molecule has 0 unspecified atom stereocenters. The van der Waals surface area contributed by atoms with Crippen molar-refractivity contribution in [3.63, 3.8) is 0 Å². The van der Waals surface area contributed by atoms with E-state index in [2.05, 4.69) is 0 Å². The first-order valence-electron chi connectivity index (χ1n) is 5.12. The highest BCUT2D eigenvalue weighted by Crippen LogP contribution is 2.35. The molecule has 0 aromatic heterocycles. The van der Waals surface area contributed by atoms with Gasteiger partial charge in [0.25, 0.3) is 0 Å². The minimum Gasteiger partial charge on any atom is -0.463 e. The molecular weight excluding hydrogens is 244 g/mol. The monoisotopic (exact) mass is 262 g/mol. The summed E-state index contributed by atoms with van der Waals surface area (Å²) in [6.07, 6.45) is 5.04. The van der Waals surface area contributed by atoms with Crippen molar-refractivity contribution in [1.82, 2.24) is 0 Å². The number of allylic oxidation sites excluding steroid dienone is 2. The van der Waals surface area contributed by atoms with Crippen LogP contribution in [0.2, 0.25) is 0 Å². The molecule has 0 saturated heterocycles. The number of halogens is 1. The molecule has 0 fully saturated rings. The molecule has 0 aromatic rings. The smallest absolute Gasteiger partial charge is 0.330 e. The molecule has 0 aromatic carbocycles. The van der Waals surface area contributed by atoms with Crippen LogP contribution in [0.15, 0.2) is 22.1 Å². The zero-order valence-corrected chi connectivity index (χ0v) is 12.0. The number of rotatable bonds is 4. The number of thioether (sulfide) groups is 1. The molecule has 0 aliphatic carbocycles. The Balaban J connectivity index is 4.83. The Hall–Kier alpha value is -0.410. The van der Waals surface area contributed by atoms with Gasteiger partial charge in [0.15, 0.2) is 0 Å². The Bertz CT molecular complexity index is 301. The fourth-order valence-electron chi connectivity index (χ4n) is 0.935. The number of hydrogen-bond donors (Lipinski definition) is 0. The minimum atomic E-state index is -0.340. The second kappa shape index (κ2) is 7.02. The largest absolute Gasteiger partial charge is 0.463 e. The Morgan fingerprint density at radius 2 is 1.94 bits per heavy atom. The lowest BCUT2D eigenvalue weighted by molar-refractivity contribution is -0.137. The molecule has 0 aliphatic heterocycles. The molecule has 0 aliphatic rings. The third-order valence-electron chi connectivity index (χ3n) is 1.75. The Labute approximate surface area is 107 Å². The van der Waals surface area contributed by atoms with Crippen LogP contribution in [-0.4, -0.2) is 18.8 Å². The highest BCUT2D eigenvalue weighted by atomic mass is 35.5. The van der Waals surface area contributed by atoms with Crippen molar-refractivity contribution in [1.29, 1.82) is 0 Å². The van der Waals surface area contributed by atoms with E-state index in [-0.39, 0.29) is 11.4 Å². The molecule has 2 nitrogen and oxygen atoms in total. The summed E-state index contributed by atoms with van der Waals surface area (Å²) >= 11 is 7.76. The highest BCUT2D eigenvalue weighted by molar-refractivity contribution is 8.02. The van der Waals surface area contributed by atoms with Gasteiger partial charge in [-0.05, 0) is 24.7 Å². The lowest BCUT2D eigenvalue weighted by atomic mass is 9.96. The standard InChI is InChI=1S/C12H19ClO2S/c1-6-15-10(14)8-7-9(16-5)11(13)12(2,3)4/h7-8H,6H2,1-5H3/b8-7+,11-9+. The molecule has 0 radical (unpaired) electrons. The van der Waals surface area contributed by atoms with Gasteiger partial charge in [-0.1, -0.05) is 32.4 Å². The molecule has 0 heterocycles. The van der Waals surface area contributed by atoms with Gasteiger partial charge in [0.2, 0.25) is 0 Å². The van der Waals surface area contributed by atoms with Crippen LogP contribution in [-0.2, 0) is 9.53 Å². The van der Waals surface area contributed by atoms with E-state index >= 15 is 0 Å². The van der Waals surface area contributed by atoms with Gasteiger partial charge in [-0.15, -0.1) is 11.8 Å². The molecule has 0 bridgehead atoms. The molecule has 16 heavy (non-hydrogen) atoms. The predicted molar refractivity (Wildman–Crippen MR) is 71.6 cm³/mol. The van der Waals surface area contributed by atoms with Gasteiger partial charge in [-0.25, -0.2) is 4.79 Å². The fraction of sp³-hybridized carbons (Fsp3) is 0.583. The van der Waals surface area contributed by atoms with E-state index in [9.17, 15) is 4.79 Å². The van der Waals surface area contributed by atoms with E-state index in [1.165, 1.54) is 17.8 Å². The predicted octanol–water partition coefficient (Wildman–Crippen LogP) is 3.97. The van der Waals surface area contributed by atoms with Crippen molar-refractivity contribution < 1.29 is 9.53 Å². The quantitative estimate of drug-likeness (QED) is 0.436. The van der Waals surface area contributed by atoms with E-state index in [4.69, 9.17) is 16.3 Å². The maximum absolute atomic E-state index is 11.2. The fourth-order valence-corrected chi connectivity index (χ4v) is 1.92. The third kappa shape index (κ3) is 5.61. The zero-order chi connectivity index (χ0) is 12.8. The molecular formula is C12H19ClO2S. The number of esters is 1. The maximum Gasteiger partial charge on any atom is 0.330 e. The van der Waals surface area contributed by atoms with Crippen LogP contribution in [0.5, 0.6) is 0 Å². The van der Waals surface area contributed by atoms with E-state index in [1.807, 2.05) is 27.0 Å². The second-order valence-electron chi connectivity index (χ2n) is 4.22. The third-order valence-corrected chi connectivity index (χ3v) is 3.41. The van der Waals surface area contributed by atoms with Crippen molar-refractivity contribution >= 4 is 29.3 Å². The van der Waals surface area contributed by atoms with Crippen molar-refractivity contribution in [2.24, 2.45) is 5.41 Å². The number of hydrogen-bond acceptors (Lipinski definition) is 3. The van der Waals surface area contributed by atoms with E-state index in [0.717, 1.165) is 9.94 Å². The van der Waals surface area contributed by atoms with Crippen LogP contribution in [0, 0.1) is 5.41 Å². The Morgan fingerprint density at radius 3 is 2.31 bits per heavy atom. The average molecular weight is 263 g/mol. The Morgan fingerprint density at radius 1 is 1.38 bits per heavy atom. The minimum absolute atomic E-state index is 0.112. The summed E-state index contributed by atoms with van der Waals surface area (Å²) in [5.41, 5.74) is -0.112. The van der Waals surface area contributed by atoms with Gasteiger partial charge < -0.3 is 4.74 Å². The molecule has 92 valence electrons. The number of carbonyl (C=O) groups is 1. The summed E-state index contributed by atoms with van der Waals surface area (Å²) < 4.78 is 4.80. The van der Waals surface area contributed by atoms with Crippen LogP contribution < -0.4 is 0 Å². The normalized spacial score (nSPS) is 13.9. The lowest BCUT2D eigenvalue weighted by Gasteiger charge is -2.19. The van der Waals surface area contributed by atoms with Crippen LogP contribution in [0.25, 0.3) is 0 Å². The molecule has 0 N–H and O–H groups in total. The molecule has 4 heteroatoms. The van der Waals surface area contributed by atoms with Gasteiger partial charge in [0, 0.05) is 16.0 Å². The van der Waals surface area contributed by atoms with Gasteiger partial charge in [-0.2, -0.15) is 0 Å². The van der Waals surface area contributed by atoms with Gasteiger partial charge in [-0.3, -0.25) is 0 Å². The summed E-state index contributed by atoms with van der Waals surface area (Å²) in [6, 6.07) is 0. The van der Waals surface area contributed by atoms with Crippen molar-refractivity contribution in [2.45, 2.75) is 27.7 Å². The SMILES string of the molecule is CCOC(=O)/C=C/C(SC)=C(\Cl)C(C)(C)C. The molecule has 0 spiro atoms. The average Bonchev–Trinajstić information content (AvgIpc) is 2.17. The van der Waals surface area contributed by atoms with E-state index in [0.29, 0.717) is 6.61 Å². The first kappa shape index (κ1) is 15.6. The summed E-state index contributed by atoms with van der Waals surface area (Å²) in [7, 11) is 0. The molecule has 0 saturated carbocycles. The Kier molecular flexibility index (Phi) is 6.84. The van der Waals surface area contributed by atoms with Gasteiger partial charge in [0.05, 0.1) is 6.61 Å².